The van der Waals surface area contributed by atoms with Crippen LogP contribution in [0.25, 0.3) is 0 Å². The van der Waals surface area contributed by atoms with E-state index in [0.29, 0.717) is 116 Å². The topological polar surface area (TPSA) is 223 Å². The lowest BCUT2D eigenvalue weighted by Crippen LogP contribution is -2.47. The van der Waals surface area contributed by atoms with Crippen LogP contribution >= 0.6 is 7.44 Å². The van der Waals surface area contributed by atoms with Gasteiger partial charge in [-0.3, -0.25) is 23.7 Å². The van der Waals surface area contributed by atoms with Crippen LogP contribution in [0.1, 0.15) is 83.5 Å². The molecule has 1 fully saturated rings. The van der Waals surface area contributed by atoms with Gasteiger partial charge in [0.15, 0.2) is 0 Å². The van der Waals surface area contributed by atoms with Crippen LogP contribution in [0, 0.1) is 12.3 Å². The number of alkyl carbamates (subject to hydrolysis) is 1. The van der Waals surface area contributed by atoms with Gasteiger partial charge in [-0.05, 0) is 52.6 Å². The number of ether oxygens (including phenoxy) is 3. The fraction of sp³-hybridized carbons (Fsp3) is 0.744. The summed E-state index contributed by atoms with van der Waals surface area (Å²) in [6, 6.07) is 0.0680. The van der Waals surface area contributed by atoms with Gasteiger partial charge >= 0.3 is 12.1 Å². The van der Waals surface area contributed by atoms with Crippen LogP contribution in [0.4, 0.5) is 16.7 Å². The number of amides is 3. The summed E-state index contributed by atoms with van der Waals surface area (Å²) < 4.78 is 33.5. The molecule has 1 aliphatic rings. The number of Topliss-reactive ketones (excluding diaryl/α,β-unsaturated/α-hetero) is 2. The lowest BCUT2D eigenvalue weighted by atomic mass is 10.1. The third kappa shape index (κ3) is 20.9. The van der Waals surface area contributed by atoms with Gasteiger partial charge in [0.1, 0.15) is 18.2 Å². The minimum atomic E-state index is -2.63. The third-order valence-corrected chi connectivity index (χ3v) is 12.6. The first-order valence-electron chi connectivity index (χ1n) is 20.5. The molecule has 59 heavy (non-hydrogen) atoms. The van der Waals surface area contributed by atoms with E-state index < -0.39 is 19.4 Å². The number of unbranched alkanes of at least 4 members (excludes halogenated alkanes) is 3. The monoisotopic (exact) mass is 850 g/mol. The zero-order valence-electron chi connectivity index (χ0n) is 35.8. The van der Waals surface area contributed by atoms with E-state index in [1.807, 2.05) is 9.57 Å². The number of likely N-dealkylation sites (N-methyl/N-ethyl adjacent to an activating group) is 1. The molecule has 1 aromatic heterocycles. The minimum Gasteiger partial charge on any atom is -0.461 e. The molecule has 0 radical (unpaired) electrons. The average Bonchev–Trinajstić information content (AvgIpc) is 3.20. The Bertz CT molecular complexity index is 1570. The highest BCUT2D eigenvalue weighted by atomic mass is 31.2. The van der Waals surface area contributed by atoms with Gasteiger partial charge in [-0.2, -0.15) is 15.0 Å². The van der Waals surface area contributed by atoms with Crippen LogP contribution in [0.15, 0.2) is 0 Å². The van der Waals surface area contributed by atoms with Gasteiger partial charge in [-0.25, -0.2) is 14.1 Å². The fourth-order valence-electron chi connectivity index (χ4n) is 5.91. The first-order chi connectivity index (χ1) is 28.1. The fourth-order valence-corrected chi connectivity index (χ4v) is 7.34. The maximum atomic E-state index is 13.1. The van der Waals surface area contributed by atoms with Crippen molar-refractivity contribution >= 4 is 48.8 Å². The van der Waals surface area contributed by atoms with Gasteiger partial charge < -0.3 is 40.0 Å². The number of nitrogens with one attached hydrogen (secondary N) is 1. The van der Waals surface area contributed by atoms with Gasteiger partial charge in [0, 0.05) is 105 Å². The zero-order chi connectivity index (χ0) is 43.6. The Morgan fingerprint density at radius 2 is 1.47 bits per heavy atom. The number of nitrogens with zero attached hydrogens (tertiary/aromatic N) is 8. The highest BCUT2D eigenvalue weighted by Crippen LogP contribution is 2.47. The summed E-state index contributed by atoms with van der Waals surface area (Å²) in [5, 5.41) is 2.69. The summed E-state index contributed by atoms with van der Waals surface area (Å²) in [5.74, 6) is 2.78. The van der Waals surface area contributed by atoms with Crippen LogP contribution in [0.5, 0.6) is 6.01 Å². The molecule has 2 rings (SSSR count). The number of carbonyl (C=O) groups is 5. The molecule has 3 amide bonds. The summed E-state index contributed by atoms with van der Waals surface area (Å²) in [5.41, 5.74) is 5.39. The number of piperazine rings is 1. The second kappa shape index (κ2) is 28.2. The van der Waals surface area contributed by atoms with Gasteiger partial charge in [0.2, 0.25) is 31.2 Å². The molecule has 1 atom stereocenters. The number of hydrogen-bond donors (Lipinski definition) is 2. The molecule has 1 saturated heterocycles. The predicted octanol–water partition coefficient (Wildman–Crippen LogP) is 2.72. The number of rotatable bonds is 31. The summed E-state index contributed by atoms with van der Waals surface area (Å²) in [7, 11) is 4.34. The van der Waals surface area contributed by atoms with Crippen molar-refractivity contribution in [1.82, 2.24) is 34.5 Å². The summed E-state index contributed by atoms with van der Waals surface area (Å²) in [6.07, 6.45) is 11.8. The smallest absolute Gasteiger partial charge is 0.407 e. The molecule has 0 spiro atoms. The average molecular weight is 851 g/mol. The minimum absolute atomic E-state index is 0.0231. The number of ketones is 2. The molecular formula is C39H67N10O9P. The maximum absolute atomic E-state index is 13.1. The number of hydrogen-bond acceptors (Lipinski definition) is 14. The van der Waals surface area contributed by atoms with Gasteiger partial charge in [0.05, 0.1) is 19.8 Å². The van der Waals surface area contributed by atoms with Crippen molar-refractivity contribution in [3.63, 3.8) is 0 Å². The Hall–Kier alpha value is -4.37. The van der Waals surface area contributed by atoms with Crippen LogP contribution in [-0.2, 0) is 33.2 Å². The molecule has 19 nitrogen and oxygen atoms in total. The van der Waals surface area contributed by atoms with Crippen LogP contribution in [0.2, 0.25) is 0 Å². The first-order valence-corrected chi connectivity index (χ1v) is 22.5. The highest BCUT2D eigenvalue weighted by molar-refractivity contribution is 7.58. The van der Waals surface area contributed by atoms with E-state index >= 15 is 0 Å². The standard InChI is InChI=1S/C39H67N10O9P/c1-7-8-16-32(50)17-10-9-13-21-41-39(54)58-28-15-22-46(4)35(53)20-12-11-18-33(51)19-14-27-56-29-30-57-38-43-36(47(5)31-34(40)52)42-37(44-38)48-23-25-49(26-24-48)59(6,55)45(2)3/h1H,8-31H2,2-6H3,(H2,40,52)(H,41,54). The van der Waals surface area contributed by atoms with Gasteiger partial charge in [0.25, 0.3) is 0 Å². The zero-order valence-corrected chi connectivity index (χ0v) is 36.7. The summed E-state index contributed by atoms with van der Waals surface area (Å²) in [4.78, 5) is 78.4. The van der Waals surface area contributed by atoms with Gasteiger partial charge in [-0.15, -0.1) is 12.3 Å². The molecule has 2 heterocycles. The normalized spacial score (nSPS) is 13.9. The van der Waals surface area contributed by atoms with Crippen molar-refractivity contribution in [1.29, 1.82) is 0 Å². The number of nitrogens with two attached hydrogens (primary N) is 1. The Balaban J connectivity index is 1.57. The van der Waals surface area contributed by atoms with Crippen LogP contribution in [0.3, 0.4) is 0 Å². The molecule has 1 unspecified atom stereocenters. The van der Waals surface area contributed by atoms with Crippen molar-refractivity contribution in [3.05, 3.63) is 0 Å². The molecule has 0 aromatic carbocycles. The highest BCUT2D eigenvalue weighted by Gasteiger charge is 2.32. The summed E-state index contributed by atoms with van der Waals surface area (Å²) in [6.45, 7) is 5.72. The van der Waals surface area contributed by atoms with Crippen molar-refractivity contribution in [2.75, 3.05) is 117 Å². The van der Waals surface area contributed by atoms with Crippen molar-refractivity contribution in [2.24, 2.45) is 5.73 Å². The molecule has 1 aromatic rings. The SMILES string of the molecule is C#CCCC(=O)CCCCCNC(=O)OCCCN(C)C(=O)CCCCC(=O)CCCOCCOc1nc(N(C)CC(N)=O)nc(N2CCN(P(C)(=O)N(C)C)CC2)n1. The lowest BCUT2D eigenvalue weighted by Gasteiger charge is -2.39. The first kappa shape index (κ1) is 50.8. The Morgan fingerprint density at radius 3 is 2.15 bits per heavy atom. The maximum Gasteiger partial charge on any atom is 0.407 e. The van der Waals surface area contributed by atoms with Crippen molar-refractivity contribution in [2.45, 2.75) is 83.5 Å². The van der Waals surface area contributed by atoms with E-state index in [0.717, 1.165) is 19.3 Å². The second-order valence-corrected chi connectivity index (χ2v) is 17.8. The molecule has 0 saturated carbocycles. The van der Waals surface area contributed by atoms with E-state index in [-0.39, 0.29) is 55.8 Å². The van der Waals surface area contributed by atoms with Crippen molar-refractivity contribution < 1.29 is 42.7 Å². The molecular weight excluding hydrogens is 783 g/mol. The van der Waals surface area contributed by atoms with E-state index in [1.165, 1.54) is 4.90 Å². The number of carbonyl (C=O) groups excluding carboxylic acids is 5. The number of primary amides is 1. The molecule has 1 aliphatic heterocycles. The largest absolute Gasteiger partial charge is 0.461 e. The summed E-state index contributed by atoms with van der Waals surface area (Å²) >= 11 is 0. The predicted molar refractivity (Wildman–Crippen MR) is 225 cm³/mol. The van der Waals surface area contributed by atoms with E-state index in [2.05, 4.69) is 26.2 Å². The molecule has 0 bridgehead atoms. The molecule has 20 heteroatoms. The molecule has 3 N–H and O–H groups in total. The second-order valence-electron chi connectivity index (χ2n) is 14.8. The Kier molecular flexibility index (Phi) is 24.2. The van der Waals surface area contributed by atoms with Gasteiger partial charge in [-0.1, -0.05) is 6.42 Å². The van der Waals surface area contributed by atoms with E-state index in [1.54, 1.807) is 44.4 Å². The molecule has 0 aliphatic carbocycles. The van der Waals surface area contributed by atoms with E-state index in [9.17, 15) is 28.5 Å². The van der Waals surface area contributed by atoms with Crippen molar-refractivity contribution in [3.8, 4) is 18.4 Å². The number of anilines is 2. The number of terminal acetylenes is 1. The lowest BCUT2D eigenvalue weighted by molar-refractivity contribution is -0.130. The van der Waals surface area contributed by atoms with E-state index in [4.69, 9.17) is 26.4 Å². The third-order valence-electron chi connectivity index (χ3n) is 9.68. The van der Waals surface area contributed by atoms with Crippen LogP contribution in [-0.4, -0.2) is 166 Å². The Morgan fingerprint density at radius 1 is 0.814 bits per heavy atom. The number of aromatic nitrogens is 3. The molecule has 332 valence electrons. The quantitative estimate of drug-likeness (QED) is 0.0623. The Labute approximate surface area is 349 Å². The van der Waals surface area contributed by atoms with Crippen LogP contribution < -0.4 is 25.6 Å².